The van der Waals surface area contributed by atoms with Crippen molar-refractivity contribution in [3.8, 4) is 11.3 Å². The molecule has 4 heteroatoms. The second-order valence-electron chi connectivity index (χ2n) is 4.26. The van der Waals surface area contributed by atoms with Crippen molar-refractivity contribution in [2.75, 3.05) is 0 Å². The summed E-state index contributed by atoms with van der Waals surface area (Å²) < 4.78 is 1.47. The molecule has 86 valence electrons. The molecule has 0 radical (unpaired) electrons. The molecule has 3 rings (SSSR count). The third-order valence-corrected chi connectivity index (χ3v) is 3.26. The molecule has 0 atom stereocenters. The first kappa shape index (κ1) is 10.1. The summed E-state index contributed by atoms with van der Waals surface area (Å²) in [6.07, 6.45) is 1.64. The van der Waals surface area contributed by atoms with Gasteiger partial charge in [-0.1, -0.05) is 24.3 Å². The van der Waals surface area contributed by atoms with E-state index in [0.29, 0.717) is 5.69 Å². The van der Waals surface area contributed by atoms with E-state index in [2.05, 4.69) is 11.2 Å². The lowest BCUT2D eigenvalue weighted by molar-refractivity contribution is 0.0683. The van der Waals surface area contributed by atoms with Crippen molar-refractivity contribution in [1.82, 2.24) is 9.78 Å². The minimum atomic E-state index is -0.902. The second-order valence-corrected chi connectivity index (χ2v) is 4.26. The molecule has 0 saturated carbocycles. The van der Waals surface area contributed by atoms with Gasteiger partial charge in [-0.3, -0.25) is 4.68 Å². The van der Waals surface area contributed by atoms with Crippen LogP contribution in [0.25, 0.3) is 11.3 Å². The number of rotatable bonds is 1. The van der Waals surface area contributed by atoms with Crippen LogP contribution >= 0.6 is 0 Å². The quantitative estimate of drug-likeness (QED) is 0.810. The van der Waals surface area contributed by atoms with Gasteiger partial charge in [0.2, 0.25) is 0 Å². The Morgan fingerprint density at radius 2 is 2.12 bits per heavy atom. The molecule has 2 aromatic rings. The van der Waals surface area contributed by atoms with Gasteiger partial charge in [-0.05, 0) is 18.4 Å². The van der Waals surface area contributed by atoms with E-state index < -0.39 is 5.97 Å². The molecular formula is C13H12N2O2. The summed E-state index contributed by atoms with van der Waals surface area (Å²) in [5, 5.41) is 13.5. The predicted octanol–water partition coefficient (Wildman–Crippen LogP) is 1.88. The van der Waals surface area contributed by atoms with E-state index in [1.807, 2.05) is 18.2 Å². The lowest BCUT2D eigenvalue weighted by Crippen LogP contribution is -2.10. The van der Waals surface area contributed by atoms with Crippen LogP contribution in [0.2, 0.25) is 0 Å². The van der Waals surface area contributed by atoms with E-state index in [0.717, 1.165) is 29.7 Å². The van der Waals surface area contributed by atoms with Gasteiger partial charge >= 0.3 is 5.97 Å². The number of carbonyl (C=O) groups is 1. The fourth-order valence-corrected chi connectivity index (χ4v) is 2.52. The topological polar surface area (TPSA) is 55.1 Å². The number of carboxylic acids is 1. The van der Waals surface area contributed by atoms with Crippen LogP contribution in [0.4, 0.5) is 0 Å². The summed E-state index contributed by atoms with van der Waals surface area (Å²) in [7, 11) is 1.68. The SMILES string of the molecule is Cn1nc2c(c1C(=O)O)CCc1ccccc1-2. The lowest BCUT2D eigenvalue weighted by atomic mass is 9.89. The molecule has 0 amide bonds. The van der Waals surface area contributed by atoms with Crippen LogP contribution in [0.5, 0.6) is 0 Å². The van der Waals surface area contributed by atoms with Gasteiger partial charge in [-0.15, -0.1) is 0 Å². The summed E-state index contributed by atoms with van der Waals surface area (Å²) in [5.41, 5.74) is 4.31. The predicted molar refractivity (Wildman–Crippen MR) is 63.0 cm³/mol. The van der Waals surface area contributed by atoms with Gasteiger partial charge in [0.15, 0.2) is 0 Å². The molecule has 1 N–H and O–H groups in total. The van der Waals surface area contributed by atoms with Crippen LogP contribution in [0.1, 0.15) is 21.6 Å². The van der Waals surface area contributed by atoms with Gasteiger partial charge < -0.3 is 5.11 Å². The third-order valence-electron chi connectivity index (χ3n) is 3.26. The van der Waals surface area contributed by atoms with Crippen molar-refractivity contribution in [3.05, 3.63) is 41.1 Å². The fourth-order valence-electron chi connectivity index (χ4n) is 2.52. The Morgan fingerprint density at radius 3 is 2.88 bits per heavy atom. The molecule has 0 bridgehead atoms. The molecule has 17 heavy (non-hydrogen) atoms. The van der Waals surface area contributed by atoms with Crippen LogP contribution in [0.15, 0.2) is 24.3 Å². The number of benzene rings is 1. The number of aryl methyl sites for hydroxylation is 2. The van der Waals surface area contributed by atoms with Crippen LogP contribution in [-0.2, 0) is 19.9 Å². The van der Waals surface area contributed by atoms with E-state index in [1.54, 1.807) is 7.05 Å². The van der Waals surface area contributed by atoms with Crippen LogP contribution in [0, 0.1) is 0 Å². The van der Waals surface area contributed by atoms with Crippen molar-refractivity contribution in [2.45, 2.75) is 12.8 Å². The highest BCUT2D eigenvalue weighted by atomic mass is 16.4. The molecule has 0 saturated heterocycles. The Morgan fingerprint density at radius 1 is 1.35 bits per heavy atom. The van der Waals surface area contributed by atoms with E-state index >= 15 is 0 Å². The zero-order chi connectivity index (χ0) is 12.0. The summed E-state index contributed by atoms with van der Waals surface area (Å²) in [6.45, 7) is 0. The van der Waals surface area contributed by atoms with Crippen molar-refractivity contribution in [2.24, 2.45) is 7.05 Å². The second kappa shape index (κ2) is 3.45. The summed E-state index contributed by atoms with van der Waals surface area (Å²) >= 11 is 0. The smallest absolute Gasteiger partial charge is 0.354 e. The van der Waals surface area contributed by atoms with Crippen LogP contribution in [0.3, 0.4) is 0 Å². The van der Waals surface area contributed by atoms with Crippen molar-refractivity contribution < 1.29 is 9.90 Å². The first-order chi connectivity index (χ1) is 8.18. The molecule has 0 spiro atoms. The third kappa shape index (κ3) is 1.37. The van der Waals surface area contributed by atoms with Crippen molar-refractivity contribution in [3.63, 3.8) is 0 Å². The Hall–Kier alpha value is -2.10. The van der Waals surface area contributed by atoms with E-state index in [1.165, 1.54) is 10.2 Å². The van der Waals surface area contributed by atoms with Crippen LogP contribution in [-0.4, -0.2) is 20.9 Å². The van der Waals surface area contributed by atoms with Gasteiger partial charge in [-0.25, -0.2) is 4.79 Å². The molecule has 1 aliphatic carbocycles. The highest BCUT2D eigenvalue weighted by molar-refractivity contribution is 5.90. The molecule has 1 aromatic carbocycles. The number of fused-ring (bicyclic) bond motifs is 3. The summed E-state index contributed by atoms with van der Waals surface area (Å²) in [6, 6.07) is 8.05. The first-order valence-corrected chi connectivity index (χ1v) is 5.56. The highest BCUT2D eigenvalue weighted by Gasteiger charge is 2.26. The number of aromatic carboxylic acids is 1. The number of carboxylic acid groups (broad SMARTS) is 1. The molecule has 4 nitrogen and oxygen atoms in total. The zero-order valence-electron chi connectivity index (χ0n) is 9.47. The molecule has 0 unspecified atom stereocenters. The Bertz CT molecular complexity index is 614. The number of hydrogen-bond acceptors (Lipinski definition) is 2. The largest absolute Gasteiger partial charge is 0.477 e. The average Bonchev–Trinajstić information content (AvgIpc) is 2.65. The number of nitrogens with zero attached hydrogens (tertiary/aromatic N) is 2. The molecule has 0 aliphatic heterocycles. The summed E-state index contributed by atoms with van der Waals surface area (Å²) in [5.74, 6) is -0.902. The van der Waals surface area contributed by atoms with E-state index in [-0.39, 0.29) is 0 Å². The molecule has 1 aliphatic rings. The normalized spacial score (nSPS) is 13.0. The lowest BCUT2D eigenvalue weighted by Gasteiger charge is -2.14. The van der Waals surface area contributed by atoms with Gasteiger partial charge in [-0.2, -0.15) is 5.10 Å². The Balaban J connectivity index is 2.28. The Labute approximate surface area is 98.5 Å². The highest BCUT2D eigenvalue weighted by Crippen LogP contribution is 2.33. The van der Waals surface area contributed by atoms with Gasteiger partial charge in [0.25, 0.3) is 0 Å². The maximum Gasteiger partial charge on any atom is 0.354 e. The monoisotopic (exact) mass is 228 g/mol. The maximum absolute atomic E-state index is 11.2. The van der Waals surface area contributed by atoms with Gasteiger partial charge in [0, 0.05) is 18.2 Å². The fraction of sp³-hybridized carbons (Fsp3) is 0.231. The van der Waals surface area contributed by atoms with Crippen LogP contribution < -0.4 is 0 Å². The van der Waals surface area contributed by atoms with Gasteiger partial charge in [0.1, 0.15) is 5.69 Å². The molecule has 1 aromatic heterocycles. The molecular weight excluding hydrogens is 216 g/mol. The zero-order valence-corrected chi connectivity index (χ0v) is 9.47. The van der Waals surface area contributed by atoms with Crippen molar-refractivity contribution in [1.29, 1.82) is 0 Å². The number of hydrogen-bond donors (Lipinski definition) is 1. The standard InChI is InChI=1S/C13H12N2O2/c1-15-12(13(16)17)10-7-6-8-4-2-3-5-9(8)11(10)14-15/h2-5H,6-7H2,1H3,(H,16,17). The first-order valence-electron chi connectivity index (χ1n) is 5.56. The molecule has 0 fully saturated rings. The average molecular weight is 228 g/mol. The maximum atomic E-state index is 11.2. The minimum Gasteiger partial charge on any atom is -0.477 e. The molecule has 1 heterocycles. The minimum absolute atomic E-state index is 0.314. The summed E-state index contributed by atoms with van der Waals surface area (Å²) in [4.78, 5) is 11.2. The van der Waals surface area contributed by atoms with E-state index in [4.69, 9.17) is 0 Å². The van der Waals surface area contributed by atoms with Gasteiger partial charge in [0.05, 0.1) is 5.69 Å². The Kier molecular flexibility index (Phi) is 2.04. The van der Waals surface area contributed by atoms with E-state index in [9.17, 15) is 9.90 Å². The number of aromatic nitrogens is 2. The van der Waals surface area contributed by atoms with Crippen molar-refractivity contribution >= 4 is 5.97 Å².